The summed E-state index contributed by atoms with van der Waals surface area (Å²) in [6.45, 7) is 7.29. The first-order valence-corrected chi connectivity index (χ1v) is 18.7. The molecule has 0 spiro atoms. The smallest absolute Gasteiger partial charge is 0.410 e. The van der Waals surface area contributed by atoms with E-state index < -0.39 is 65.6 Å². The van der Waals surface area contributed by atoms with Gasteiger partial charge in [-0.05, 0) is 75.8 Å². The number of likely N-dealkylation sites (N-methyl/N-ethyl adjacent to an activating group) is 1. The Morgan fingerprint density at radius 1 is 1.04 bits per heavy atom. The molecule has 6 rings (SSSR count). The Labute approximate surface area is 310 Å². The minimum Gasteiger partial charge on any atom is -0.445 e. The second kappa shape index (κ2) is 15.8. The fraction of sp³-hybridized carbons (Fsp3) is 0.550. The number of likely N-dealkylation sites (tertiary alicyclic amines) is 2. The number of carbonyl (C=O) groups is 4. The number of halogens is 1. The zero-order valence-electron chi connectivity index (χ0n) is 31.2. The number of ether oxygens (including phenoxy) is 2. The average Bonchev–Trinajstić information content (AvgIpc) is 3.71. The molecule has 13 heteroatoms. The number of nitrogens with zero attached hydrogens (tertiary/aromatic N) is 3. The molecule has 2 aromatic carbocycles. The summed E-state index contributed by atoms with van der Waals surface area (Å²) in [5.74, 6) is -2.32. The van der Waals surface area contributed by atoms with Crippen molar-refractivity contribution in [2.24, 2.45) is 11.8 Å². The zero-order valence-corrected chi connectivity index (χ0v) is 31.2. The Morgan fingerprint density at radius 2 is 1.75 bits per heavy atom. The lowest BCUT2D eigenvalue weighted by Crippen LogP contribution is -2.60. The lowest BCUT2D eigenvalue weighted by Gasteiger charge is -2.44. The summed E-state index contributed by atoms with van der Waals surface area (Å²) < 4.78 is 25.5. The third kappa shape index (κ3) is 8.45. The molecule has 3 fully saturated rings. The Kier molecular flexibility index (Phi) is 11.3. The number of aromatic nitrogens is 1. The van der Waals surface area contributed by atoms with Crippen molar-refractivity contribution < 1.29 is 38.1 Å². The number of hydrogen-bond acceptors (Lipinski definition) is 7. The highest BCUT2D eigenvalue weighted by Gasteiger charge is 2.54. The number of aliphatic hydroxyl groups is 1. The van der Waals surface area contributed by atoms with Crippen LogP contribution in [0.4, 0.5) is 14.0 Å². The first-order chi connectivity index (χ1) is 25.2. The van der Waals surface area contributed by atoms with Gasteiger partial charge in [0.1, 0.15) is 30.1 Å². The monoisotopic (exact) mass is 733 g/mol. The van der Waals surface area contributed by atoms with Gasteiger partial charge >= 0.3 is 12.2 Å². The van der Waals surface area contributed by atoms with Gasteiger partial charge in [0.25, 0.3) is 0 Å². The molecule has 12 nitrogen and oxygen atoms in total. The van der Waals surface area contributed by atoms with Crippen molar-refractivity contribution in [2.75, 3.05) is 26.7 Å². The van der Waals surface area contributed by atoms with Gasteiger partial charge in [0.05, 0.1) is 6.10 Å². The van der Waals surface area contributed by atoms with Crippen LogP contribution in [-0.4, -0.2) is 105 Å². The van der Waals surface area contributed by atoms with Crippen LogP contribution in [0.15, 0.2) is 54.7 Å². The van der Waals surface area contributed by atoms with Crippen molar-refractivity contribution >= 4 is 34.9 Å². The van der Waals surface area contributed by atoms with E-state index in [4.69, 9.17) is 9.47 Å². The first kappa shape index (κ1) is 38.1. The van der Waals surface area contributed by atoms with E-state index in [1.54, 1.807) is 49.8 Å². The number of amides is 4. The number of H-pyrrole nitrogens is 1. The van der Waals surface area contributed by atoms with Crippen LogP contribution < -0.4 is 5.32 Å². The predicted molar refractivity (Wildman–Crippen MR) is 196 cm³/mol. The van der Waals surface area contributed by atoms with Gasteiger partial charge < -0.3 is 34.7 Å². The maximum Gasteiger partial charge on any atom is 0.410 e. The van der Waals surface area contributed by atoms with E-state index in [0.29, 0.717) is 5.52 Å². The summed E-state index contributed by atoms with van der Waals surface area (Å²) in [6.07, 6.45) is 4.01. The number of β-amino-alcohol motifs (C(OH)–C–C–N with tert-alkyl or cyclic N) is 1. The van der Waals surface area contributed by atoms with Crippen molar-refractivity contribution in [3.63, 3.8) is 0 Å². The molecule has 3 heterocycles. The molecule has 1 aromatic heterocycles. The first-order valence-electron chi connectivity index (χ1n) is 18.7. The van der Waals surface area contributed by atoms with Gasteiger partial charge in [-0.2, -0.15) is 0 Å². The summed E-state index contributed by atoms with van der Waals surface area (Å²) in [4.78, 5) is 62.8. The lowest BCUT2D eigenvalue weighted by atomic mass is 9.78. The normalized spacial score (nSPS) is 23.2. The SMILES string of the molecule is C[C@@H](C(=O)N[C@H](C(=O)N1C[C@@H](O)C2CN(C(=O)OCc3ccccc3)C[C@H](c3c[nH]c4cc(F)ccc34)[C@H]21)C1CCCCC1)N(C)C(=O)OC(C)(C)C. The third-order valence-electron chi connectivity index (χ3n) is 11.1. The van der Waals surface area contributed by atoms with E-state index in [1.807, 2.05) is 30.3 Å². The fourth-order valence-electron chi connectivity index (χ4n) is 8.21. The van der Waals surface area contributed by atoms with Crippen molar-refractivity contribution in [2.45, 2.75) is 102 Å². The van der Waals surface area contributed by atoms with Gasteiger partial charge in [0, 0.05) is 61.7 Å². The highest BCUT2D eigenvalue weighted by molar-refractivity contribution is 5.92. The predicted octanol–water partition coefficient (Wildman–Crippen LogP) is 5.55. The number of carbonyl (C=O) groups excluding carboxylic acids is 4. The number of nitrogens with one attached hydrogen (secondary N) is 2. The molecule has 6 atom stereocenters. The maximum absolute atomic E-state index is 14.9. The number of aromatic amines is 1. The number of fused-ring (bicyclic) bond motifs is 2. The highest BCUT2D eigenvalue weighted by Crippen LogP contribution is 2.43. The van der Waals surface area contributed by atoms with E-state index >= 15 is 0 Å². The molecule has 0 bridgehead atoms. The fourth-order valence-corrected chi connectivity index (χ4v) is 8.21. The topological polar surface area (TPSA) is 145 Å². The summed E-state index contributed by atoms with van der Waals surface area (Å²) in [5.41, 5.74) is 1.45. The minimum atomic E-state index is -0.959. The Morgan fingerprint density at radius 3 is 2.45 bits per heavy atom. The molecule has 2 saturated heterocycles. The molecule has 53 heavy (non-hydrogen) atoms. The van der Waals surface area contributed by atoms with Gasteiger partial charge in [-0.15, -0.1) is 0 Å². The Bertz CT molecular complexity index is 1790. The molecular formula is C40H52FN5O7. The van der Waals surface area contributed by atoms with Gasteiger partial charge in [-0.1, -0.05) is 49.6 Å². The average molecular weight is 734 g/mol. The number of rotatable bonds is 8. The number of benzene rings is 2. The van der Waals surface area contributed by atoms with E-state index in [1.165, 1.54) is 24.1 Å². The van der Waals surface area contributed by atoms with Crippen LogP contribution >= 0.6 is 0 Å². The molecule has 2 aliphatic heterocycles. The lowest BCUT2D eigenvalue weighted by molar-refractivity contribution is -0.141. The molecule has 1 unspecified atom stereocenters. The second-order valence-corrected chi connectivity index (χ2v) is 15.8. The summed E-state index contributed by atoms with van der Waals surface area (Å²) in [6, 6.07) is 11.5. The van der Waals surface area contributed by atoms with Gasteiger partial charge in [0.2, 0.25) is 11.8 Å². The zero-order chi connectivity index (χ0) is 38.0. The van der Waals surface area contributed by atoms with Crippen LogP contribution in [0.5, 0.6) is 0 Å². The van der Waals surface area contributed by atoms with Gasteiger partial charge in [-0.3, -0.25) is 14.5 Å². The van der Waals surface area contributed by atoms with Gasteiger partial charge in [0.15, 0.2) is 0 Å². The standard InChI is InChI=1S/C40H52FN5O7/c1-24(44(5)38(50)53-40(2,3)4)36(48)43-34(26-14-10-7-11-15-26)37(49)46-22-33(47)31-21-45(39(51)52-23-25-12-8-6-9-13-25)20-30(35(31)46)29-19-42-32-18-27(41)16-17-28(29)32/h6,8-9,12-13,16-19,24,26,30-31,33-35,42,47H,7,10-11,14-15,20-23H2,1-5H3,(H,43,48)/t24-,30+,31?,33+,34-,35+/m0/s1. The quantitative estimate of drug-likeness (QED) is 0.275. The van der Waals surface area contributed by atoms with E-state index in [-0.39, 0.29) is 38.1 Å². The van der Waals surface area contributed by atoms with Gasteiger partial charge in [-0.25, -0.2) is 14.0 Å². The van der Waals surface area contributed by atoms with E-state index in [0.717, 1.165) is 48.6 Å². The second-order valence-electron chi connectivity index (χ2n) is 15.8. The molecule has 1 aliphatic carbocycles. The molecule has 3 aromatic rings. The Hall–Kier alpha value is -4.65. The Balaban J connectivity index is 1.29. The third-order valence-corrected chi connectivity index (χ3v) is 11.1. The summed E-state index contributed by atoms with van der Waals surface area (Å²) in [5, 5.41) is 15.4. The van der Waals surface area contributed by atoms with Crippen molar-refractivity contribution in [1.29, 1.82) is 0 Å². The number of aliphatic hydroxyl groups excluding tert-OH is 1. The summed E-state index contributed by atoms with van der Waals surface area (Å²) >= 11 is 0. The number of hydrogen-bond donors (Lipinski definition) is 3. The van der Waals surface area contributed by atoms with Crippen LogP contribution in [0.25, 0.3) is 10.9 Å². The summed E-state index contributed by atoms with van der Waals surface area (Å²) in [7, 11) is 1.49. The largest absolute Gasteiger partial charge is 0.445 e. The highest BCUT2D eigenvalue weighted by atomic mass is 19.1. The maximum atomic E-state index is 14.9. The van der Waals surface area contributed by atoms with E-state index in [9.17, 15) is 28.7 Å². The number of piperidine rings is 1. The van der Waals surface area contributed by atoms with Crippen LogP contribution in [0.1, 0.15) is 76.8 Å². The van der Waals surface area contributed by atoms with Crippen molar-refractivity contribution in [3.8, 4) is 0 Å². The van der Waals surface area contributed by atoms with Crippen molar-refractivity contribution in [1.82, 2.24) is 25.0 Å². The molecule has 0 radical (unpaired) electrons. The molecule has 4 amide bonds. The minimum absolute atomic E-state index is 0.0149. The molecule has 3 aliphatic rings. The van der Waals surface area contributed by atoms with Crippen LogP contribution in [0.2, 0.25) is 0 Å². The van der Waals surface area contributed by atoms with E-state index in [2.05, 4.69) is 10.3 Å². The van der Waals surface area contributed by atoms with Crippen LogP contribution in [0.3, 0.4) is 0 Å². The van der Waals surface area contributed by atoms with Crippen LogP contribution in [0, 0.1) is 17.7 Å². The molecule has 286 valence electrons. The van der Waals surface area contributed by atoms with Crippen LogP contribution in [-0.2, 0) is 25.7 Å². The molecular weight excluding hydrogens is 681 g/mol. The molecule has 3 N–H and O–H groups in total. The van der Waals surface area contributed by atoms with Crippen molar-refractivity contribution in [3.05, 3.63) is 71.7 Å². The molecule has 1 saturated carbocycles.